The second kappa shape index (κ2) is 2.79. The number of nitrogens with zero attached hydrogens (tertiary/aromatic N) is 2. The van der Waals surface area contributed by atoms with E-state index in [4.69, 9.17) is 10.4 Å². The average molecular weight is 154 g/mol. The van der Waals surface area contributed by atoms with Crippen LogP contribution in [0.25, 0.3) is 0 Å². The number of hydrogen-bond acceptors (Lipinski definition) is 2. The summed E-state index contributed by atoms with van der Waals surface area (Å²) in [6.45, 7) is 2.19. The second-order valence-corrected chi connectivity index (χ2v) is 2.85. The maximum atomic E-state index is 10.5. The summed E-state index contributed by atoms with van der Waals surface area (Å²) in [7, 11) is 0. The summed E-state index contributed by atoms with van der Waals surface area (Å²) in [5.74, 6) is -0.110. The summed E-state index contributed by atoms with van der Waals surface area (Å²) in [6.07, 6.45) is -0.252. The fourth-order valence-electron chi connectivity index (χ4n) is 1.39. The van der Waals surface area contributed by atoms with Crippen LogP contribution in [-0.4, -0.2) is 28.7 Å². The van der Waals surface area contributed by atoms with E-state index in [0.29, 0.717) is 13.0 Å². The van der Waals surface area contributed by atoms with Crippen LogP contribution in [0.5, 0.6) is 0 Å². The molecular formula is C7H10N2O2. The first-order valence-electron chi connectivity index (χ1n) is 3.54. The predicted molar refractivity (Wildman–Crippen MR) is 37.9 cm³/mol. The highest BCUT2D eigenvalue weighted by atomic mass is 16.4. The van der Waals surface area contributed by atoms with Crippen LogP contribution in [0.4, 0.5) is 4.79 Å². The minimum atomic E-state index is -0.921. The highest BCUT2D eigenvalue weighted by molar-refractivity contribution is 5.65. The molecule has 1 aliphatic heterocycles. The molecule has 0 radical (unpaired) electrons. The first-order chi connectivity index (χ1) is 5.15. The summed E-state index contributed by atoms with van der Waals surface area (Å²) >= 11 is 0. The van der Waals surface area contributed by atoms with E-state index in [-0.39, 0.29) is 12.0 Å². The molecule has 1 N–H and O–H groups in total. The molecule has 2 atom stereocenters. The molecule has 0 spiro atoms. The molecule has 60 valence electrons. The first kappa shape index (κ1) is 7.86. The zero-order chi connectivity index (χ0) is 8.43. The van der Waals surface area contributed by atoms with E-state index in [2.05, 4.69) is 6.07 Å². The van der Waals surface area contributed by atoms with Crippen molar-refractivity contribution in [3.05, 3.63) is 0 Å². The maximum Gasteiger partial charge on any atom is 0.407 e. The topological polar surface area (TPSA) is 64.3 Å². The first-order valence-corrected chi connectivity index (χ1v) is 3.54. The molecule has 0 unspecified atom stereocenters. The van der Waals surface area contributed by atoms with Gasteiger partial charge in [-0.15, -0.1) is 0 Å². The molecule has 0 saturated carbocycles. The lowest BCUT2D eigenvalue weighted by atomic mass is 10.1. The Kier molecular flexibility index (Phi) is 1.99. The van der Waals surface area contributed by atoms with Crippen LogP contribution in [-0.2, 0) is 0 Å². The third-order valence-corrected chi connectivity index (χ3v) is 2.00. The van der Waals surface area contributed by atoms with Crippen molar-refractivity contribution in [3.63, 3.8) is 0 Å². The number of nitriles is 1. The molecule has 0 aromatic rings. The number of carbonyl (C=O) groups is 1. The summed E-state index contributed by atoms with van der Waals surface area (Å²) in [6, 6.07) is 2.07. The Labute approximate surface area is 65.0 Å². The molecule has 1 aliphatic rings. The van der Waals surface area contributed by atoms with Crippen molar-refractivity contribution in [3.8, 4) is 6.07 Å². The smallest absolute Gasteiger partial charge is 0.407 e. The molecular weight excluding hydrogens is 144 g/mol. The lowest BCUT2D eigenvalue weighted by Gasteiger charge is -2.15. The van der Waals surface area contributed by atoms with Gasteiger partial charge in [0.2, 0.25) is 0 Å². The van der Waals surface area contributed by atoms with Gasteiger partial charge in [0.25, 0.3) is 0 Å². The molecule has 4 heteroatoms. The number of hydrogen-bond donors (Lipinski definition) is 1. The van der Waals surface area contributed by atoms with Crippen LogP contribution in [0.2, 0.25) is 0 Å². The molecule has 1 rings (SSSR count). The lowest BCUT2D eigenvalue weighted by Crippen LogP contribution is -2.32. The molecule has 0 aromatic heterocycles. The summed E-state index contributed by atoms with van der Waals surface area (Å²) in [5, 5.41) is 17.1. The van der Waals surface area contributed by atoms with E-state index in [1.54, 1.807) is 0 Å². The van der Waals surface area contributed by atoms with Gasteiger partial charge in [0.1, 0.15) is 0 Å². The van der Waals surface area contributed by atoms with Gasteiger partial charge >= 0.3 is 6.09 Å². The van der Waals surface area contributed by atoms with E-state index < -0.39 is 6.09 Å². The Morgan fingerprint density at radius 1 is 1.82 bits per heavy atom. The van der Waals surface area contributed by atoms with Crippen molar-refractivity contribution < 1.29 is 9.90 Å². The van der Waals surface area contributed by atoms with Crippen molar-refractivity contribution in [1.29, 1.82) is 5.26 Å². The van der Waals surface area contributed by atoms with Crippen LogP contribution < -0.4 is 0 Å². The van der Waals surface area contributed by atoms with Crippen LogP contribution in [0.3, 0.4) is 0 Å². The Hall–Kier alpha value is -1.24. The van der Waals surface area contributed by atoms with Crippen LogP contribution >= 0.6 is 0 Å². The van der Waals surface area contributed by atoms with E-state index in [1.807, 2.05) is 6.92 Å². The third kappa shape index (κ3) is 1.43. The van der Waals surface area contributed by atoms with Gasteiger partial charge in [-0.1, -0.05) is 0 Å². The second-order valence-electron chi connectivity index (χ2n) is 2.85. The standard InChI is InChI=1S/C7H10N2O2/c1-5-2-6(3-8)4-9(5)7(10)11/h5-6H,2,4H2,1H3,(H,10,11)/t5-,6-/m0/s1. The molecule has 0 bridgehead atoms. The Bertz CT molecular complexity index is 209. The van der Waals surface area contributed by atoms with Crippen LogP contribution in [0, 0.1) is 17.2 Å². The maximum absolute atomic E-state index is 10.5. The van der Waals surface area contributed by atoms with Crippen molar-refractivity contribution in [1.82, 2.24) is 4.90 Å². The van der Waals surface area contributed by atoms with Crippen molar-refractivity contribution >= 4 is 6.09 Å². The van der Waals surface area contributed by atoms with Gasteiger partial charge in [0.05, 0.1) is 12.0 Å². The normalized spacial score (nSPS) is 30.0. The van der Waals surface area contributed by atoms with Gasteiger partial charge in [-0.05, 0) is 13.3 Å². The van der Waals surface area contributed by atoms with Crippen molar-refractivity contribution in [2.24, 2.45) is 5.92 Å². The monoisotopic (exact) mass is 154 g/mol. The Morgan fingerprint density at radius 3 is 2.73 bits per heavy atom. The SMILES string of the molecule is C[C@H]1C[C@@H](C#N)CN1C(=O)O. The molecule has 1 saturated heterocycles. The fourth-order valence-corrected chi connectivity index (χ4v) is 1.39. The third-order valence-electron chi connectivity index (χ3n) is 2.00. The van der Waals surface area contributed by atoms with Gasteiger partial charge in [0.15, 0.2) is 0 Å². The Morgan fingerprint density at radius 2 is 2.45 bits per heavy atom. The lowest BCUT2D eigenvalue weighted by molar-refractivity contribution is 0.143. The van der Waals surface area contributed by atoms with Crippen LogP contribution in [0.1, 0.15) is 13.3 Å². The molecule has 0 aliphatic carbocycles. The minimum absolute atomic E-state index is 0.00264. The minimum Gasteiger partial charge on any atom is -0.465 e. The summed E-state index contributed by atoms with van der Waals surface area (Å²) in [5.41, 5.74) is 0. The number of rotatable bonds is 0. The van der Waals surface area contributed by atoms with Gasteiger partial charge in [0, 0.05) is 12.6 Å². The molecule has 1 fully saturated rings. The van der Waals surface area contributed by atoms with Crippen LogP contribution in [0.15, 0.2) is 0 Å². The number of amides is 1. The molecule has 1 amide bonds. The highest BCUT2D eigenvalue weighted by Crippen LogP contribution is 2.21. The average Bonchev–Trinajstić information content (AvgIpc) is 2.30. The molecule has 11 heavy (non-hydrogen) atoms. The number of likely N-dealkylation sites (tertiary alicyclic amines) is 1. The summed E-state index contributed by atoms with van der Waals surface area (Å²) < 4.78 is 0. The van der Waals surface area contributed by atoms with E-state index in [9.17, 15) is 4.79 Å². The quantitative estimate of drug-likeness (QED) is 0.563. The summed E-state index contributed by atoms with van der Waals surface area (Å²) in [4.78, 5) is 11.8. The fraction of sp³-hybridized carbons (Fsp3) is 0.714. The Balaban J connectivity index is 2.60. The van der Waals surface area contributed by atoms with Gasteiger partial charge in [-0.2, -0.15) is 5.26 Å². The zero-order valence-electron chi connectivity index (χ0n) is 6.32. The molecule has 1 heterocycles. The van der Waals surface area contributed by atoms with Gasteiger partial charge in [-0.25, -0.2) is 4.79 Å². The van der Waals surface area contributed by atoms with Crippen molar-refractivity contribution in [2.75, 3.05) is 6.54 Å². The van der Waals surface area contributed by atoms with E-state index >= 15 is 0 Å². The van der Waals surface area contributed by atoms with E-state index in [0.717, 1.165) is 0 Å². The molecule has 4 nitrogen and oxygen atoms in total. The molecule has 0 aromatic carbocycles. The highest BCUT2D eigenvalue weighted by Gasteiger charge is 2.31. The zero-order valence-corrected chi connectivity index (χ0v) is 6.32. The van der Waals surface area contributed by atoms with E-state index in [1.165, 1.54) is 4.90 Å². The largest absolute Gasteiger partial charge is 0.465 e. The number of carboxylic acid groups (broad SMARTS) is 1. The van der Waals surface area contributed by atoms with Crippen molar-refractivity contribution in [2.45, 2.75) is 19.4 Å². The van der Waals surface area contributed by atoms with Gasteiger partial charge < -0.3 is 10.0 Å². The van der Waals surface area contributed by atoms with Gasteiger partial charge in [-0.3, -0.25) is 0 Å². The predicted octanol–water partition coefficient (Wildman–Crippen LogP) is 0.898.